The third-order valence-corrected chi connectivity index (χ3v) is 6.37. The van der Waals surface area contributed by atoms with Crippen LogP contribution in [0.15, 0.2) is 36.4 Å². The lowest BCUT2D eigenvalue weighted by Gasteiger charge is -2.27. The van der Waals surface area contributed by atoms with Gasteiger partial charge in [-0.2, -0.15) is 0 Å². The highest BCUT2D eigenvalue weighted by Gasteiger charge is 2.31. The van der Waals surface area contributed by atoms with Gasteiger partial charge in [-0.3, -0.25) is 4.79 Å². The van der Waals surface area contributed by atoms with Crippen molar-refractivity contribution in [3.63, 3.8) is 0 Å². The maximum atomic E-state index is 12.4. The quantitative estimate of drug-likeness (QED) is 0.709. The second kappa shape index (κ2) is 8.23. The number of carboxylic acids is 1. The van der Waals surface area contributed by atoms with Gasteiger partial charge in [0.15, 0.2) is 0 Å². The molecule has 136 valence electrons. The molecule has 0 saturated heterocycles. The lowest BCUT2D eigenvalue weighted by atomic mass is 10.1. The van der Waals surface area contributed by atoms with Gasteiger partial charge in [0, 0.05) is 21.1 Å². The molecule has 0 radical (unpaired) electrons. The van der Waals surface area contributed by atoms with E-state index in [-0.39, 0.29) is 6.42 Å². The summed E-state index contributed by atoms with van der Waals surface area (Å²) in [5.41, 5.74) is 1.00. The Labute approximate surface area is 155 Å². The van der Waals surface area contributed by atoms with Gasteiger partial charge in [0.2, 0.25) is 0 Å². The summed E-state index contributed by atoms with van der Waals surface area (Å²) in [7, 11) is 1.62. The molecule has 1 aromatic heterocycles. The fourth-order valence-corrected chi connectivity index (χ4v) is 4.10. The van der Waals surface area contributed by atoms with Gasteiger partial charge < -0.3 is 14.4 Å². The molecule has 0 aliphatic heterocycles. The molecule has 0 aliphatic carbocycles. The van der Waals surface area contributed by atoms with Crippen LogP contribution in [0.1, 0.15) is 38.1 Å². The van der Waals surface area contributed by atoms with E-state index in [1.54, 1.807) is 7.11 Å². The van der Waals surface area contributed by atoms with E-state index in [9.17, 15) is 14.5 Å². The van der Waals surface area contributed by atoms with E-state index in [4.69, 9.17) is 4.74 Å². The Balaban J connectivity index is 2.26. The molecule has 2 aromatic rings. The zero-order valence-electron chi connectivity index (χ0n) is 14.7. The van der Waals surface area contributed by atoms with Gasteiger partial charge >= 0.3 is 5.97 Å². The second-order valence-electron chi connectivity index (χ2n) is 6.58. The van der Waals surface area contributed by atoms with Crippen LogP contribution in [-0.4, -0.2) is 27.5 Å². The maximum absolute atomic E-state index is 12.4. The third kappa shape index (κ3) is 5.47. The first kappa shape index (κ1) is 19.8. The predicted molar refractivity (Wildman–Crippen MR) is 102 cm³/mol. The van der Waals surface area contributed by atoms with Crippen LogP contribution in [0.3, 0.4) is 0 Å². The van der Waals surface area contributed by atoms with Crippen molar-refractivity contribution in [2.24, 2.45) is 0 Å². The molecule has 0 bridgehead atoms. The zero-order chi connectivity index (χ0) is 18.6. The smallest absolute Gasteiger partial charge is 0.305 e. The standard InChI is InChI=1S/C18H23NO4S2/c1-18(2,3)25(22)19-14(11-17(20)21)16-9-8-15(24-16)12-6-5-7-13(10-12)23-4/h5-10,14,19H,11H2,1-4H3,(H,20,21). The van der Waals surface area contributed by atoms with Crippen LogP contribution in [-0.2, 0) is 16.2 Å². The zero-order valence-corrected chi connectivity index (χ0v) is 16.4. The first-order valence-electron chi connectivity index (χ1n) is 7.84. The van der Waals surface area contributed by atoms with Crippen LogP contribution in [0.5, 0.6) is 5.75 Å². The number of rotatable bonds is 7. The van der Waals surface area contributed by atoms with Gasteiger partial charge in [0.05, 0.1) is 19.6 Å². The van der Waals surface area contributed by atoms with E-state index in [0.717, 1.165) is 21.1 Å². The molecule has 1 heterocycles. The lowest BCUT2D eigenvalue weighted by Crippen LogP contribution is -2.41. The normalized spacial score (nSPS) is 14.1. The predicted octanol–water partition coefficient (Wildman–Crippen LogP) is 3.99. The molecule has 0 fully saturated rings. The molecule has 25 heavy (non-hydrogen) atoms. The topological polar surface area (TPSA) is 81.6 Å². The number of methoxy groups -OCH3 is 1. The Morgan fingerprint density at radius 1 is 1.36 bits per heavy atom. The van der Waals surface area contributed by atoms with Gasteiger partial charge in [-0.15, -0.1) is 16.1 Å². The monoisotopic (exact) mass is 381 g/mol. The highest BCUT2D eigenvalue weighted by atomic mass is 32.2. The van der Waals surface area contributed by atoms with Crippen molar-refractivity contribution in [3.05, 3.63) is 41.3 Å². The highest BCUT2D eigenvalue weighted by Crippen LogP contribution is 2.35. The lowest BCUT2D eigenvalue weighted by molar-refractivity contribution is -0.137. The summed E-state index contributed by atoms with van der Waals surface area (Å²) < 4.78 is 20.1. The van der Waals surface area contributed by atoms with Crippen LogP contribution in [0.4, 0.5) is 0 Å². The van der Waals surface area contributed by atoms with Crippen LogP contribution in [0.2, 0.25) is 0 Å². The van der Waals surface area contributed by atoms with Gasteiger partial charge in [0.25, 0.3) is 0 Å². The van der Waals surface area contributed by atoms with E-state index >= 15 is 0 Å². The van der Waals surface area contributed by atoms with E-state index in [1.807, 2.05) is 57.2 Å². The van der Waals surface area contributed by atoms with Gasteiger partial charge in [-0.05, 0) is 50.6 Å². The number of hydrogen-bond donors (Lipinski definition) is 2. The van der Waals surface area contributed by atoms with Gasteiger partial charge in [0.1, 0.15) is 10.5 Å². The van der Waals surface area contributed by atoms with Crippen molar-refractivity contribution in [2.45, 2.75) is 38.0 Å². The largest absolute Gasteiger partial charge is 0.598 e. The maximum Gasteiger partial charge on any atom is 0.305 e. The highest BCUT2D eigenvalue weighted by molar-refractivity contribution is 7.90. The van der Waals surface area contributed by atoms with Crippen LogP contribution < -0.4 is 9.46 Å². The van der Waals surface area contributed by atoms with E-state index in [2.05, 4.69) is 4.72 Å². The number of carbonyl (C=O) groups is 1. The van der Waals surface area contributed by atoms with E-state index in [1.165, 1.54) is 11.3 Å². The Morgan fingerprint density at radius 3 is 2.68 bits per heavy atom. The molecular formula is C18H23NO4S2. The van der Waals surface area contributed by atoms with E-state index < -0.39 is 28.1 Å². The first-order valence-corrected chi connectivity index (χ1v) is 9.81. The number of ether oxygens (including phenoxy) is 1. The number of thiophene rings is 1. The number of carboxylic acid groups (broad SMARTS) is 1. The number of nitrogens with one attached hydrogen (secondary N) is 1. The average molecular weight is 382 g/mol. The fourth-order valence-electron chi connectivity index (χ4n) is 2.15. The van der Waals surface area contributed by atoms with Crippen LogP contribution in [0.25, 0.3) is 10.4 Å². The number of benzene rings is 1. The first-order chi connectivity index (χ1) is 11.7. The van der Waals surface area contributed by atoms with Crippen LogP contribution in [0, 0.1) is 0 Å². The summed E-state index contributed by atoms with van der Waals surface area (Å²) in [4.78, 5) is 13.1. The van der Waals surface area contributed by atoms with Crippen molar-refractivity contribution in [1.82, 2.24) is 4.72 Å². The third-order valence-electron chi connectivity index (χ3n) is 3.51. The minimum atomic E-state index is -1.35. The molecule has 1 aromatic carbocycles. The van der Waals surface area contributed by atoms with Crippen molar-refractivity contribution in [1.29, 1.82) is 0 Å². The Hall–Kier alpha value is -1.54. The van der Waals surface area contributed by atoms with Crippen molar-refractivity contribution < 1.29 is 19.2 Å². The molecule has 0 aliphatic rings. The van der Waals surface area contributed by atoms with Crippen molar-refractivity contribution >= 4 is 28.7 Å². The minimum Gasteiger partial charge on any atom is -0.598 e. The minimum absolute atomic E-state index is 0.125. The summed E-state index contributed by atoms with van der Waals surface area (Å²) in [5, 5.41) is 9.20. The molecule has 2 rings (SSSR count). The van der Waals surface area contributed by atoms with Gasteiger partial charge in [-0.1, -0.05) is 12.1 Å². The molecule has 0 spiro atoms. The summed E-state index contributed by atoms with van der Waals surface area (Å²) in [6.45, 7) is 5.55. The second-order valence-corrected chi connectivity index (χ2v) is 9.70. The molecule has 2 unspecified atom stereocenters. The molecule has 2 N–H and O–H groups in total. The molecule has 0 saturated carbocycles. The number of aliphatic carboxylic acids is 1. The van der Waals surface area contributed by atoms with Crippen molar-refractivity contribution in [2.75, 3.05) is 7.11 Å². The van der Waals surface area contributed by atoms with Crippen molar-refractivity contribution in [3.8, 4) is 16.2 Å². The molecule has 5 nitrogen and oxygen atoms in total. The Morgan fingerprint density at radius 2 is 2.08 bits per heavy atom. The average Bonchev–Trinajstić information content (AvgIpc) is 3.03. The molecule has 2 atom stereocenters. The van der Waals surface area contributed by atoms with Crippen LogP contribution >= 0.6 is 11.3 Å². The molecular weight excluding hydrogens is 358 g/mol. The van der Waals surface area contributed by atoms with Gasteiger partial charge in [-0.25, -0.2) is 0 Å². The molecule has 0 amide bonds. The molecule has 7 heteroatoms. The summed E-state index contributed by atoms with van der Waals surface area (Å²) >= 11 is 0.141. The fraction of sp³-hybridized carbons (Fsp3) is 0.389. The number of hydrogen-bond acceptors (Lipinski definition) is 5. The van der Waals surface area contributed by atoms with E-state index in [0.29, 0.717) is 0 Å². The summed E-state index contributed by atoms with van der Waals surface area (Å²) in [6.07, 6.45) is -0.125. The summed E-state index contributed by atoms with van der Waals surface area (Å²) in [6, 6.07) is 11.0. The Kier molecular flexibility index (Phi) is 6.51. The Bertz CT molecular complexity index is 724. The summed E-state index contributed by atoms with van der Waals surface area (Å²) in [5.74, 6) is -0.166. The SMILES string of the molecule is COc1cccc(-c2ccc(C(CC(=O)O)N[S+]([O-])C(C)(C)C)s2)c1.